The van der Waals surface area contributed by atoms with Crippen molar-refractivity contribution in [3.8, 4) is 11.5 Å². The Bertz CT molecular complexity index is 427. The van der Waals surface area contributed by atoms with Crippen molar-refractivity contribution >= 4 is 0 Å². The van der Waals surface area contributed by atoms with Gasteiger partial charge in [0.15, 0.2) is 11.5 Å². The van der Waals surface area contributed by atoms with Crippen LogP contribution in [0.4, 0.5) is 0 Å². The summed E-state index contributed by atoms with van der Waals surface area (Å²) >= 11 is 0. The average Bonchev–Trinajstić information content (AvgIpc) is 3.24. The molecule has 1 aliphatic carbocycles. The van der Waals surface area contributed by atoms with Crippen molar-refractivity contribution in [2.24, 2.45) is 5.41 Å². The fourth-order valence-corrected chi connectivity index (χ4v) is 2.44. The molecule has 1 N–H and O–H groups in total. The summed E-state index contributed by atoms with van der Waals surface area (Å²) in [6.07, 6.45) is 4.02. The van der Waals surface area contributed by atoms with Crippen molar-refractivity contribution in [2.45, 2.75) is 39.2 Å². The molecule has 0 saturated heterocycles. The number of hydrogen-bond acceptors (Lipinski definition) is 3. The molecule has 1 aromatic carbocycles. The molecule has 1 aromatic rings. The zero-order chi connectivity index (χ0) is 13.9. The largest absolute Gasteiger partial charge is 0.493 e. The predicted molar refractivity (Wildman–Crippen MR) is 77.9 cm³/mol. The summed E-state index contributed by atoms with van der Waals surface area (Å²) < 4.78 is 10.6. The highest BCUT2D eigenvalue weighted by Gasteiger charge is 2.40. The fraction of sp³-hybridized carbons (Fsp3) is 0.625. The van der Waals surface area contributed by atoms with Crippen molar-refractivity contribution in [1.82, 2.24) is 5.32 Å². The molecule has 0 spiro atoms. The molecule has 0 amide bonds. The number of methoxy groups -OCH3 is 2. The number of rotatable bonds is 7. The highest BCUT2D eigenvalue weighted by Crippen LogP contribution is 2.48. The van der Waals surface area contributed by atoms with Crippen LogP contribution in [0.15, 0.2) is 18.2 Å². The van der Waals surface area contributed by atoms with Crippen molar-refractivity contribution in [3.05, 3.63) is 23.8 Å². The number of nitrogens with one attached hydrogen (secondary N) is 1. The number of hydrogen-bond donors (Lipinski definition) is 1. The van der Waals surface area contributed by atoms with Gasteiger partial charge in [-0.2, -0.15) is 0 Å². The first-order valence-electron chi connectivity index (χ1n) is 7.09. The van der Waals surface area contributed by atoms with Gasteiger partial charge in [-0.25, -0.2) is 0 Å². The third kappa shape index (κ3) is 3.21. The van der Waals surface area contributed by atoms with Gasteiger partial charge in [-0.15, -0.1) is 0 Å². The summed E-state index contributed by atoms with van der Waals surface area (Å²) in [5, 5.41) is 3.65. The van der Waals surface area contributed by atoms with Gasteiger partial charge >= 0.3 is 0 Å². The maximum Gasteiger partial charge on any atom is 0.161 e. The molecule has 0 radical (unpaired) electrons. The van der Waals surface area contributed by atoms with Gasteiger partial charge in [0, 0.05) is 12.6 Å². The maximum absolute atomic E-state index is 5.35. The molecule has 0 aliphatic heterocycles. The van der Waals surface area contributed by atoms with Crippen LogP contribution in [0.2, 0.25) is 0 Å². The lowest BCUT2D eigenvalue weighted by atomic mass is 10.0. The standard InChI is InChI=1S/C16H25NO2/c1-5-16(8-9-16)11-17-12(2)13-6-7-14(18-3)15(10-13)19-4/h6-7,10,12,17H,5,8-9,11H2,1-4H3. The fourth-order valence-electron chi connectivity index (χ4n) is 2.44. The first-order chi connectivity index (χ1) is 9.14. The Hall–Kier alpha value is -1.22. The molecule has 1 aliphatic rings. The van der Waals surface area contributed by atoms with Gasteiger partial charge in [-0.1, -0.05) is 13.0 Å². The Labute approximate surface area is 116 Å². The van der Waals surface area contributed by atoms with E-state index in [4.69, 9.17) is 9.47 Å². The lowest BCUT2D eigenvalue weighted by molar-refractivity contribution is 0.353. The Morgan fingerprint density at radius 1 is 1.21 bits per heavy atom. The normalized spacial score (nSPS) is 17.9. The van der Waals surface area contributed by atoms with Crippen molar-refractivity contribution in [2.75, 3.05) is 20.8 Å². The molecule has 0 bridgehead atoms. The molecule has 1 saturated carbocycles. The van der Waals surface area contributed by atoms with Crippen molar-refractivity contribution in [1.29, 1.82) is 0 Å². The third-order valence-corrected chi connectivity index (χ3v) is 4.40. The van der Waals surface area contributed by atoms with Crippen molar-refractivity contribution < 1.29 is 9.47 Å². The van der Waals surface area contributed by atoms with Crippen molar-refractivity contribution in [3.63, 3.8) is 0 Å². The van der Waals surface area contributed by atoms with Gasteiger partial charge in [0.1, 0.15) is 0 Å². The summed E-state index contributed by atoms with van der Waals surface area (Å²) in [7, 11) is 3.34. The molecular formula is C16H25NO2. The van der Waals surface area contributed by atoms with Gasteiger partial charge in [0.2, 0.25) is 0 Å². The van der Waals surface area contributed by atoms with Crippen LogP contribution in [0.5, 0.6) is 11.5 Å². The van der Waals surface area contributed by atoms with Crippen LogP contribution in [-0.4, -0.2) is 20.8 Å². The first kappa shape index (κ1) is 14.2. The Morgan fingerprint density at radius 2 is 1.89 bits per heavy atom. The Morgan fingerprint density at radius 3 is 2.42 bits per heavy atom. The minimum Gasteiger partial charge on any atom is -0.493 e. The summed E-state index contributed by atoms with van der Waals surface area (Å²) in [4.78, 5) is 0. The second kappa shape index (κ2) is 5.83. The molecule has 3 nitrogen and oxygen atoms in total. The predicted octanol–water partition coefficient (Wildman–Crippen LogP) is 3.54. The van der Waals surface area contributed by atoms with Gasteiger partial charge in [-0.3, -0.25) is 0 Å². The van der Waals surface area contributed by atoms with Crippen LogP contribution in [0, 0.1) is 5.41 Å². The van der Waals surface area contributed by atoms with Crippen LogP contribution >= 0.6 is 0 Å². The SMILES string of the molecule is CCC1(CNC(C)c2ccc(OC)c(OC)c2)CC1. The van der Waals surface area contributed by atoms with Gasteiger partial charge in [0.05, 0.1) is 14.2 Å². The minimum absolute atomic E-state index is 0.337. The summed E-state index contributed by atoms with van der Waals surface area (Å²) in [5.41, 5.74) is 1.81. The maximum atomic E-state index is 5.35. The Kier molecular flexibility index (Phi) is 4.35. The molecular weight excluding hydrogens is 238 g/mol. The van der Waals surface area contributed by atoms with Crippen LogP contribution in [0.25, 0.3) is 0 Å². The van der Waals surface area contributed by atoms with Gasteiger partial charge < -0.3 is 14.8 Å². The zero-order valence-corrected chi connectivity index (χ0v) is 12.5. The summed E-state index contributed by atoms with van der Waals surface area (Å²) in [6, 6.07) is 6.47. The lowest BCUT2D eigenvalue weighted by Crippen LogP contribution is -2.26. The zero-order valence-electron chi connectivity index (χ0n) is 12.5. The van der Waals surface area contributed by atoms with E-state index in [1.807, 2.05) is 6.07 Å². The molecule has 106 valence electrons. The highest BCUT2D eigenvalue weighted by molar-refractivity contribution is 5.43. The van der Waals surface area contributed by atoms with Crippen LogP contribution in [0.3, 0.4) is 0 Å². The molecule has 1 fully saturated rings. The van der Waals surface area contributed by atoms with Crippen LogP contribution in [-0.2, 0) is 0 Å². The molecule has 3 heteroatoms. The van der Waals surface area contributed by atoms with Gasteiger partial charge in [0.25, 0.3) is 0 Å². The number of ether oxygens (including phenoxy) is 2. The first-order valence-corrected chi connectivity index (χ1v) is 7.09. The third-order valence-electron chi connectivity index (χ3n) is 4.40. The second-order valence-corrected chi connectivity index (χ2v) is 5.57. The van der Waals surface area contributed by atoms with E-state index < -0.39 is 0 Å². The molecule has 0 aromatic heterocycles. The van der Waals surface area contributed by atoms with E-state index in [-0.39, 0.29) is 0 Å². The van der Waals surface area contributed by atoms with E-state index in [0.717, 1.165) is 18.0 Å². The smallest absolute Gasteiger partial charge is 0.161 e. The monoisotopic (exact) mass is 263 g/mol. The van der Waals surface area contributed by atoms with E-state index in [2.05, 4.69) is 31.3 Å². The van der Waals surface area contributed by atoms with Crippen LogP contribution < -0.4 is 14.8 Å². The molecule has 1 unspecified atom stereocenters. The van der Waals surface area contributed by atoms with E-state index in [1.165, 1.54) is 24.8 Å². The number of benzene rings is 1. The summed E-state index contributed by atoms with van der Waals surface area (Å²) in [6.45, 7) is 5.60. The molecule has 0 heterocycles. The topological polar surface area (TPSA) is 30.5 Å². The van der Waals surface area contributed by atoms with E-state index in [0.29, 0.717) is 11.5 Å². The van der Waals surface area contributed by atoms with Gasteiger partial charge in [-0.05, 0) is 49.3 Å². The Balaban J connectivity index is 2.00. The summed E-state index contributed by atoms with van der Waals surface area (Å²) in [5.74, 6) is 1.58. The highest BCUT2D eigenvalue weighted by atomic mass is 16.5. The van der Waals surface area contributed by atoms with E-state index in [9.17, 15) is 0 Å². The second-order valence-electron chi connectivity index (χ2n) is 5.57. The average molecular weight is 263 g/mol. The molecule has 19 heavy (non-hydrogen) atoms. The minimum atomic E-state index is 0.337. The van der Waals surface area contributed by atoms with Crippen LogP contribution in [0.1, 0.15) is 44.7 Å². The molecule has 2 rings (SSSR count). The molecule has 1 atom stereocenters. The lowest BCUT2D eigenvalue weighted by Gasteiger charge is -2.20. The quantitative estimate of drug-likeness (QED) is 0.816. The van der Waals surface area contributed by atoms with E-state index in [1.54, 1.807) is 14.2 Å². The van der Waals surface area contributed by atoms with E-state index >= 15 is 0 Å².